The smallest absolute Gasteiger partial charge is 0.133 e. The Bertz CT molecular complexity index is 1130. The number of benzene rings is 3. The minimum absolute atomic E-state index is 0. The summed E-state index contributed by atoms with van der Waals surface area (Å²) in [6.45, 7) is 12.0. The SMILES string of the molecule is CCN(CC)c1ccc(C(C#N)(c2ccc(N(CC)CC)cc2)c2ccc(SOO)cc2SOO)cc1.[Ba]. The van der Waals surface area contributed by atoms with Gasteiger partial charge in [-0.05, 0) is 80.8 Å². The van der Waals surface area contributed by atoms with Crippen LogP contribution in [0.1, 0.15) is 44.4 Å². The van der Waals surface area contributed by atoms with E-state index in [9.17, 15) is 10.5 Å². The molecule has 2 N–H and O–H groups in total. The zero-order chi connectivity index (χ0) is 26.8. The van der Waals surface area contributed by atoms with Crippen LogP contribution >= 0.6 is 24.1 Å². The summed E-state index contributed by atoms with van der Waals surface area (Å²) >= 11 is 1.51. The standard InChI is InChI=1S/C28H33N3O4S2.Ba/c1-5-30(6-2)23-13-9-21(10-14-23)28(20-29,22-11-15-24(16-12-22)31(7-3)8-4)26-18-17-25(36-34-32)19-27(26)37-35-33;/h9-19,32-33H,5-8H2,1-4H3;. The number of hydrogen-bond acceptors (Lipinski definition) is 9. The van der Waals surface area contributed by atoms with E-state index in [-0.39, 0.29) is 48.9 Å². The summed E-state index contributed by atoms with van der Waals surface area (Å²) in [6, 6.07) is 24.0. The molecule has 10 heteroatoms. The van der Waals surface area contributed by atoms with Gasteiger partial charge in [-0.15, -0.1) is 0 Å². The Labute approximate surface area is 274 Å². The average molecular weight is 677 g/mol. The molecule has 0 aliphatic heterocycles. The minimum Gasteiger partial charge on any atom is -0.372 e. The van der Waals surface area contributed by atoms with E-state index in [1.165, 1.54) is 0 Å². The van der Waals surface area contributed by atoms with E-state index >= 15 is 0 Å². The Morgan fingerprint density at radius 2 is 1.18 bits per heavy atom. The first-order chi connectivity index (χ1) is 18.0. The van der Waals surface area contributed by atoms with Gasteiger partial charge in [0.05, 0.1) is 30.2 Å². The molecule has 38 heavy (non-hydrogen) atoms. The summed E-state index contributed by atoms with van der Waals surface area (Å²) in [5.74, 6) is 0. The molecule has 0 atom stereocenters. The third-order valence-corrected chi connectivity index (χ3v) is 7.76. The number of rotatable bonds is 13. The molecule has 3 rings (SSSR count). The van der Waals surface area contributed by atoms with Crippen LogP contribution in [0.25, 0.3) is 0 Å². The second-order valence-electron chi connectivity index (χ2n) is 8.27. The van der Waals surface area contributed by atoms with Gasteiger partial charge >= 0.3 is 0 Å². The molecule has 0 bridgehead atoms. The third-order valence-electron chi connectivity index (χ3n) is 6.64. The zero-order valence-corrected chi connectivity index (χ0v) is 28.3. The summed E-state index contributed by atoms with van der Waals surface area (Å²) in [5.41, 5.74) is 3.19. The van der Waals surface area contributed by atoms with Gasteiger partial charge in [-0.1, -0.05) is 30.3 Å². The van der Waals surface area contributed by atoms with E-state index in [1.54, 1.807) is 12.1 Å². The molecule has 0 saturated carbocycles. The van der Waals surface area contributed by atoms with Crippen molar-refractivity contribution in [3.63, 3.8) is 0 Å². The third kappa shape index (κ3) is 7.13. The van der Waals surface area contributed by atoms with Crippen LogP contribution in [-0.4, -0.2) is 85.6 Å². The summed E-state index contributed by atoms with van der Waals surface area (Å²) in [7, 11) is 0. The van der Waals surface area contributed by atoms with Gasteiger partial charge in [-0.3, -0.25) is 0 Å². The van der Waals surface area contributed by atoms with Crippen molar-refractivity contribution in [1.82, 2.24) is 0 Å². The van der Waals surface area contributed by atoms with E-state index in [0.717, 1.165) is 72.8 Å². The van der Waals surface area contributed by atoms with Crippen LogP contribution in [0.15, 0.2) is 76.5 Å². The predicted molar refractivity (Wildman–Crippen MR) is 157 cm³/mol. The predicted octanol–water partition coefficient (Wildman–Crippen LogP) is 6.85. The van der Waals surface area contributed by atoms with Gasteiger partial charge < -0.3 is 9.80 Å². The second kappa shape index (κ2) is 16.2. The molecule has 7 nitrogen and oxygen atoms in total. The molecule has 0 unspecified atom stereocenters. The largest absolute Gasteiger partial charge is 0.372 e. The molecule has 0 spiro atoms. The van der Waals surface area contributed by atoms with Crippen LogP contribution in [-0.2, 0) is 14.1 Å². The molecule has 0 saturated heterocycles. The second-order valence-corrected chi connectivity index (χ2v) is 9.82. The van der Waals surface area contributed by atoms with Gasteiger partial charge in [0, 0.05) is 96.2 Å². The van der Waals surface area contributed by atoms with Crippen molar-refractivity contribution in [2.24, 2.45) is 0 Å². The Morgan fingerprint density at radius 1 is 0.737 bits per heavy atom. The fraction of sp³-hybridized carbons (Fsp3) is 0.321. The molecule has 0 aliphatic carbocycles. The Balaban J connectivity index is 0.00000507. The van der Waals surface area contributed by atoms with Gasteiger partial charge in [0.15, 0.2) is 0 Å². The fourth-order valence-corrected chi connectivity index (χ4v) is 5.72. The van der Waals surface area contributed by atoms with E-state index in [2.05, 4.69) is 52.2 Å². The summed E-state index contributed by atoms with van der Waals surface area (Å²) in [4.78, 5) is 5.61. The van der Waals surface area contributed by atoms with Crippen LogP contribution in [0, 0.1) is 11.3 Å². The van der Waals surface area contributed by atoms with E-state index in [0.29, 0.717) is 15.4 Å². The summed E-state index contributed by atoms with van der Waals surface area (Å²) in [5, 5.41) is 29.1. The Hall–Kier alpha value is -1.14. The van der Waals surface area contributed by atoms with Crippen molar-refractivity contribution >= 4 is 84.3 Å². The summed E-state index contributed by atoms with van der Waals surface area (Å²) in [6.07, 6.45) is 0. The average Bonchev–Trinajstić information content (AvgIpc) is 2.93. The summed E-state index contributed by atoms with van der Waals surface area (Å²) < 4.78 is 8.68. The molecule has 0 amide bonds. The Kier molecular flexibility index (Phi) is 14.1. The van der Waals surface area contributed by atoms with Crippen molar-refractivity contribution < 1.29 is 19.2 Å². The monoisotopic (exact) mass is 677 g/mol. The van der Waals surface area contributed by atoms with Crippen molar-refractivity contribution in [2.75, 3.05) is 36.0 Å². The molecule has 198 valence electrons. The van der Waals surface area contributed by atoms with Crippen molar-refractivity contribution in [3.05, 3.63) is 83.4 Å². The molecule has 3 aromatic rings. The van der Waals surface area contributed by atoms with Gasteiger partial charge in [0.2, 0.25) is 0 Å². The zero-order valence-electron chi connectivity index (χ0n) is 22.3. The first kappa shape index (κ1) is 33.1. The number of nitrogens with zero attached hydrogens (tertiary/aromatic N) is 3. The Morgan fingerprint density at radius 3 is 1.55 bits per heavy atom. The van der Waals surface area contributed by atoms with Crippen molar-refractivity contribution in [1.29, 1.82) is 5.26 Å². The van der Waals surface area contributed by atoms with E-state index < -0.39 is 5.41 Å². The maximum absolute atomic E-state index is 10.9. The maximum Gasteiger partial charge on any atom is 0.133 e. The molecule has 2 radical (unpaired) electrons. The molecular formula is C28H33BaN3O4S2. The fourth-order valence-electron chi connectivity index (χ4n) is 4.71. The maximum atomic E-state index is 10.9. The van der Waals surface area contributed by atoms with Crippen LogP contribution in [0.2, 0.25) is 0 Å². The van der Waals surface area contributed by atoms with E-state index in [1.807, 2.05) is 54.6 Å². The molecule has 3 aromatic carbocycles. The minimum atomic E-state index is -1.20. The topological polar surface area (TPSA) is 89.2 Å². The van der Waals surface area contributed by atoms with Crippen LogP contribution in [0.3, 0.4) is 0 Å². The first-order valence-electron chi connectivity index (χ1n) is 12.3. The van der Waals surface area contributed by atoms with Crippen molar-refractivity contribution in [3.8, 4) is 6.07 Å². The molecule has 0 heterocycles. The number of nitriles is 1. The molecular weight excluding hydrogens is 644 g/mol. The molecule has 0 aromatic heterocycles. The van der Waals surface area contributed by atoms with Crippen LogP contribution in [0.5, 0.6) is 0 Å². The quantitative estimate of drug-likeness (QED) is 0.0664. The van der Waals surface area contributed by atoms with Crippen LogP contribution < -0.4 is 9.80 Å². The number of anilines is 2. The van der Waals surface area contributed by atoms with Gasteiger partial charge in [0.25, 0.3) is 0 Å². The number of hydrogen-bond donors (Lipinski definition) is 2. The van der Waals surface area contributed by atoms with E-state index in [4.69, 9.17) is 5.26 Å². The first-order valence-corrected chi connectivity index (χ1v) is 13.7. The van der Waals surface area contributed by atoms with Crippen LogP contribution in [0.4, 0.5) is 11.4 Å². The van der Waals surface area contributed by atoms with Gasteiger partial charge in [-0.2, -0.15) is 13.9 Å². The molecule has 0 aliphatic rings. The van der Waals surface area contributed by atoms with Crippen molar-refractivity contribution in [2.45, 2.75) is 42.9 Å². The molecule has 0 fully saturated rings. The van der Waals surface area contributed by atoms with Gasteiger partial charge in [-0.25, -0.2) is 10.5 Å². The van der Waals surface area contributed by atoms with Gasteiger partial charge in [0.1, 0.15) is 5.41 Å². The normalized spacial score (nSPS) is 11.0.